The van der Waals surface area contributed by atoms with Gasteiger partial charge in [0.2, 0.25) is 5.91 Å². The van der Waals surface area contributed by atoms with Gasteiger partial charge in [0.15, 0.2) is 6.10 Å². The zero-order valence-corrected chi connectivity index (χ0v) is 33.7. The summed E-state index contributed by atoms with van der Waals surface area (Å²) in [4.78, 5) is 38.7. The second kappa shape index (κ2) is 14.3. The lowest BCUT2D eigenvalue weighted by Gasteiger charge is -2.72. The SMILES string of the molecule is C=C(C)[C@@H]1CC[C@]2(C(=O)NCCc3cccc(C(=O)NCC4COC(C(=O)O)CO4)c3)CC[C@]3(C)C(CCC4[C@@]5(C)CC[C@H](O)C(C)(C)C5CC[C@]43C)C12. The van der Waals surface area contributed by atoms with Gasteiger partial charge in [0.25, 0.3) is 5.91 Å². The van der Waals surface area contributed by atoms with Crippen LogP contribution in [0.15, 0.2) is 36.4 Å². The first-order valence-electron chi connectivity index (χ1n) is 20.9. The third-order valence-corrected chi connectivity index (χ3v) is 17.1. The maximum atomic E-state index is 14.6. The molecule has 1 aromatic carbocycles. The molecule has 9 heteroatoms. The summed E-state index contributed by atoms with van der Waals surface area (Å²) < 4.78 is 10.9. The van der Waals surface area contributed by atoms with Gasteiger partial charge in [0.1, 0.15) is 0 Å². The van der Waals surface area contributed by atoms with Crippen LogP contribution < -0.4 is 10.6 Å². The van der Waals surface area contributed by atoms with E-state index in [1.165, 1.54) is 31.3 Å². The summed E-state index contributed by atoms with van der Waals surface area (Å²) in [5.41, 5.74) is 2.87. The normalized spacial score (nSPS) is 42.4. The number of allylic oxidation sites excluding steroid dienone is 1. The molecule has 6 aliphatic rings. The van der Waals surface area contributed by atoms with E-state index in [1.807, 2.05) is 18.2 Å². The number of carbonyl (C=O) groups is 3. The molecule has 1 aromatic rings. The van der Waals surface area contributed by atoms with E-state index in [0.29, 0.717) is 48.1 Å². The molecule has 5 saturated carbocycles. The molecule has 1 saturated heterocycles. The molecule has 4 N–H and O–H groups in total. The van der Waals surface area contributed by atoms with Crippen LogP contribution in [0.2, 0.25) is 0 Å². The zero-order valence-electron chi connectivity index (χ0n) is 33.7. The second-order valence-corrected chi connectivity index (χ2v) is 19.7. The highest BCUT2D eigenvalue weighted by Crippen LogP contribution is 2.77. The van der Waals surface area contributed by atoms with Crippen molar-refractivity contribution in [3.05, 3.63) is 47.5 Å². The average Bonchev–Trinajstić information content (AvgIpc) is 3.54. The third kappa shape index (κ3) is 6.27. The van der Waals surface area contributed by atoms with Crippen molar-refractivity contribution in [1.29, 1.82) is 0 Å². The molecule has 5 aliphatic carbocycles. The number of rotatable bonds is 9. The highest BCUT2D eigenvalue weighted by atomic mass is 16.6. The van der Waals surface area contributed by atoms with Gasteiger partial charge in [-0.05, 0) is 146 Å². The Hall–Kier alpha value is -2.75. The Labute approximate surface area is 322 Å². The number of hydrogen-bond donors (Lipinski definition) is 4. The summed E-state index contributed by atoms with van der Waals surface area (Å²) in [7, 11) is 0. The Morgan fingerprint density at radius 1 is 0.870 bits per heavy atom. The van der Waals surface area contributed by atoms with Crippen molar-refractivity contribution in [3.8, 4) is 0 Å². The lowest BCUT2D eigenvalue weighted by molar-refractivity contribution is -0.246. The molecule has 1 aliphatic heterocycles. The van der Waals surface area contributed by atoms with Crippen LogP contribution in [-0.4, -0.2) is 72.6 Å². The highest BCUT2D eigenvalue weighted by Gasteiger charge is 2.71. The number of nitrogens with one attached hydrogen (secondary N) is 2. The van der Waals surface area contributed by atoms with E-state index in [1.54, 1.807) is 6.07 Å². The predicted molar refractivity (Wildman–Crippen MR) is 208 cm³/mol. The van der Waals surface area contributed by atoms with E-state index in [4.69, 9.17) is 14.6 Å². The average molecular weight is 747 g/mol. The van der Waals surface area contributed by atoms with Crippen LogP contribution in [0.25, 0.3) is 0 Å². The number of fused-ring (bicyclic) bond motifs is 7. The van der Waals surface area contributed by atoms with Crippen LogP contribution in [0.5, 0.6) is 0 Å². The summed E-state index contributed by atoms with van der Waals surface area (Å²) in [5.74, 6) is 1.21. The summed E-state index contributed by atoms with van der Waals surface area (Å²) in [6.45, 7) is 20.0. The van der Waals surface area contributed by atoms with Gasteiger partial charge in [-0.15, -0.1) is 0 Å². The largest absolute Gasteiger partial charge is 0.479 e. The molecule has 7 rings (SSSR count). The number of carboxylic acid groups (broad SMARTS) is 1. The maximum absolute atomic E-state index is 14.6. The number of amides is 2. The molecule has 0 aromatic heterocycles. The van der Waals surface area contributed by atoms with Crippen LogP contribution in [0, 0.1) is 56.7 Å². The van der Waals surface area contributed by atoms with Gasteiger partial charge >= 0.3 is 5.97 Å². The first-order chi connectivity index (χ1) is 25.5. The lowest BCUT2D eigenvalue weighted by Crippen LogP contribution is -2.67. The Kier molecular flexibility index (Phi) is 10.5. The van der Waals surface area contributed by atoms with Crippen molar-refractivity contribution < 1.29 is 34.1 Å². The quantitative estimate of drug-likeness (QED) is 0.201. The molecular formula is C45H66N2O7. The number of carbonyl (C=O) groups excluding carboxylic acids is 2. The van der Waals surface area contributed by atoms with Crippen LogP contribution in [0.4, 0.5) is 0 Å². The number of aliphatic hydroxyl groups excluding tert-OH is 1. The minimum Gasteiger partial charge on any atom is -0.479 e. The number of carboxylic acids is 1. The van der Waals surface area contributed by atoms with Crippen molar-refractivity contribution in [1.82, 2.24) is 10.6 Å². The van der Waals surface area contributed by atoms with Gasteiger partial charge in [-0.1, -0.05) is 58.9 Å². The fourth-order valence-corrected chi connectivity index (χ4v) is 14.0. The fourth-order valence-electron chi connectivity index (χ4n) is 14.0. The number of aliphatic carboxylic acids is 1. The van der Waals surface area contributed by atoms with Crippen molar-refractivity contribution in [2.24, 2.45) is 56.7 Å². The Balaban J connectivity index is 1.02. The number of ether oxygens (including phenoxy) is 2. The lowest BCUT2D eigenvalue weighted by atomic mass is 9.32. The van der Waals surface area contributed by atoms with E-state index in [9.17, 15) is 19.5 Å². The highest BCUT2D eigenvalue weighted by molar-refractivity contribution is 5.94. The molecule has 6 fully saturated rings. The number of hydrogen-bond acceptors (Lipinski definition) is 6. The minimum absolute atomic E-state index is 0.0439. The van der Waals surface area contributed by atoms with Crippen molar-refractivity contribution >= 4 is 17.8 Å². The molecule has 9 nitrogen and oxygen atoms in total. The second-order valence-electron chi connectivity index (χ2n) is 19.7. The summed E-state index contributed by atoms with van der Waals surface area (Å²) in [6.07, 6.45) is 9.76. The van der Waals surface area contributed by atoms with Gasteiger partial charge in [-0.3, -0.25) is 9.59 Å². The number of benzene rings is 1. The molecule has 12 atom stereocenters. The first kappa shape index (κ1) is 39.5. The van der Waals surface area contributed by atoms with Crippen molar-refractivity contribution in [2.45, 2.75) is 130 Å². The van der Waals surface area contributed by atoms with Crippen LogP contribution in [0.3, 0.4) is 0 Å². The molecule has 1 heterocycles. The third-order valence-electron chi connectivity index (χ3n) is 17.1. The van der Waals surface area contributed by atoms with E-state index in [2.05, 4.69) is 58.8 Å². The van der Waals surface area contributed by atoms with Gasteiger partial charge in [0.05, 0.1) is 30.8 Å². The zero-order chi connectivity index (χ0) is 38.8. The fraction of sp³-hybridized carbons (Fsp3) is 0.756. The van der Waals surface area contributed by atoms with Crippen LogP contribution in [0.1, 0.15) is 122 Å². The minimum atomic E-state index is -1.05. The van der Waals surface area contributed by atoms with E-state index >= 15 is 0 Å². The van der Waals surface area contributed by atoms with Gasteiger partial charge in [0, 0.05) is 18.7 Å². The van der Waals surface area contributed by atoms with Crippen LogP contribution >= 0.6 is 0 Å². The Bertz CT molecular complexity index is 1630. The van der Waals surface area contributed by atoms with E-state index < -0.39 is 18.2 Å². The molecule has 0 radical (unpaired) electrons. The van der Waals surface area contributed by atoms with E-state index in [0.717, 1.165) is 44.1 Å². The van der Waals surface area contributed by atoms with Crippen LogP contribution in [-0.2, 0) is 25.5 Å². The molecule has 0 bridgehead atoms. The topological polar surface area (TPSA) is 134 Å². The van der Waals surface area contributed by atoms with Gasteiger partial charge in [-0.2, -0.15) is 0 Å². The smallest absolute Gasteiger partial charge is 0.335 e. The molecule has 2 amide bonds. The monoisotopic (exact) mass is 746 g/mol. The Morgan fingerprint density at radius 3 is 2.35 bits per heavy atom. The summed E-state index contributed by atoms with van der Waals surface area (Å²) in [5, 5.41) is 26.5. The molecule has 298 valence electrons. The molecule has 0 spiro atoms. The van der Waals surface area contributed by atoms with Gasteiger partial charge < -0.3 is 30.3 Å². The van der Waals surface area contributed by atoms with E-state index in [-0.39, 0.29) is 64.8 Å². The first-order valence-corrected chi connectivity index (χ1v) is 20.9. The van der Waals surface area contributed by atoms with Crippen molar-refractivity contribution in [3.63, 3.8) is 0 Å². The predicted octanol–water partition coefficient (Wildman–Crippen LogP) is 6.96. The number of aliphatic hydroxyl groups is 1. The molecule has 6 unspecified atom stereocenters. The molecule has 54 heavy (non-hydrogen) atoms. The standard InChI is InChI=1S/C45H66N2O7/c1-27(2)31-13-19-45(40(52)46-22-16-28-9-8-10-29(23-28)38(49)47-24-30-25-54-33(26-53-30)39(50)51)21-20-43(6)32(37(31)45)11-12-35-42(5)17-15-36(48)41(3,4)34(42)14-18-44(35,43)7/h8-10,23,30-37,48H,1,11-22,24-26H2,2-7H3,(H,46,52)(H,47,49)(H,50,51)/t30?,31-,32?,33?,34?,35?,36-,37?,42-,43+,44+,45-/m0/s1. The Morgan fingerprint density at radius 2 is 1.65 bits per heavy atom. The summed E-state index contributed by atoms with van der Waals surface area (Å²) >= 11 is 0. The van der Waals surface area contributed by atoms with Crippen molar-refractivity contribution in [2.75, 3.05) is 26.3 Å². The summed E-state index contributed by atoms with van der Waals surface area (Å²) in [6, 6.07) is 7.52. The maximum Gasteiger partial charge on any atom is 0.335 e. The molecular weight excluding hydrogens is 681 g/mol. The van der Waals surface area contributed by atoms with Gasteiger partial charge in [-0.25, -0.2) is 4.79 Å².